The minimum Gasteiger partial charge on any atom is -0.497 e. The van der Waals surface area contributed by atoms with Crippen LogP contribution >= 0.6 is 0 Å². The maximum absolute atomic E-state index is 13.4. The third-order valence-corrected chi connectivity index (χ3v) is 4.71. The van der Waals surface area contributed by atoms with Gasteiger partial charge in [-0.2, -0.15) is 0 Å². The Morgan fingerprint density at radius 2 is 1.38 bits per heavy atom. The smallest absolute Gasteiger partial charge is 0.264 e. The van der Waals surface area contributed by atoms with Gasteiger partial charge in [0, 0.05) is 19.2 Å². The molecule has 0 aliphatic rings. The average molecular weight is 389 g/mol. The molecule has 4 heteroatoms. The van der Waals surface area contributed by atoms with Crippen molar-refractivity contribution in [2.75, 3.05) is 7.11 Å². The third-order valence-electron chi connectivity index (χ3n) is 4.71. The number of carbonyl (C=O) groups excluding carboxylic acids is 1. The molecule has 1 amide bonds. The van der Waals surface area contributed by atoms with E-state index in [1.807, 2.05) is 90.7 Å². The van der Waals surface area contributed by atoms with Crippen molar-refractivity contribution in [1.82, 2.24) is 4.90 Å². The van der Waals surface area contributed by atoms with Crippen molar-refractivity contribution in [2.24, 2.45) is 0 Å². The fourth-order valence-electron chi connectivity index (χ4n) is 3.17. The second-order valence-electron chi connectivity index (χ2n) is 6.86. The molecule has 0 fully saturated rings. The Hall–Kier alpha value is -3.27. The van der Waals surface area contributed by atoms with E-state index in [9.17, 15) is 4.79 Å². The zero-order chi connectivity index (χ0) is 20.5. The molecule has 0 heterocycles. The van der Waals surface area contributed by atoms with Gasteiger partial charge < -0.3 is 14.4 Å². The van der Waals surface area contributed by atoms with Gasteiger partial charge in [-0.25, -0.2) is 0 Å². The number of hydrogen-bond acceptors (Lipinski definition) is 3. The summed E-state index contributed by atoms with van der Waals surface area (Å²) in [6.45, 7) is 3.03. The fraction of sp³-hybridized carbons (Fsp3) is 0.240. The molecule has 29 heavy (non-hydrogen) atoms. The molecule has 0 radical (unpaired) electrons. The van der Waals surface area contributed by atoms with Crippen LogP contribution in [0.25, 0.3) is 0 Å². The molecule has 3 aromatic carbocycles. The van der Waals surface area contributed by atoms with Crippen LogP contribution in [0.4, 0.5) is 0 Å². The summed E-state index contributed by atoms with van der Waals surface area (Å²) in [4.78, 5) is 15.3. The van der Waals surface area contributed by atoms with Crippen LogP contribution in [0.2, 0.25) is 0 Å². The van der Waals surface area contributed by atoms with Crippen LogP contribution in [0, 0.1) is 0 Å². The lowest BCUT2D eigenvalue weighted by atomic mass is 10.1. The molecule has 0 saturated carbocycles. The van der Waals surface area contributed by atoms with Gasteiger partial charge in [-0.3, -0.25) is 4.79 Å². The van der Waals surface area contributed by atoms with Gasteiger partial charge in [0.05, 0.1) is 7.11 Å². The van der Waals surface area contributed by atoms with E-state index in [1.54, 1.807) is 13.2 Å². The normalized spacial score (nSPS) is 11.5. The molecular formula is C25H27NO3. The molecule has 1 atom stereocenters. The van der Waals surface area contributed by atoms with E-state index in [1.165, 1.54) is 0 Å². The number of ether oxygens (including phenoxy) is 2. The topological polar surface area (TPSA) is 38.8 Å². The van der Waals surface area contributed by atoms with Crippen molar-refractivity contribution in [3.05, 3.63) is 96.1 Å². The van der Waals surface area contributed by atoms with E-state index in [0.29, 0.717) is 31.0 Å². The van der Waals surface area contributed by atoms with Crippen molar-refractivity contribution >= 4 is 5.91 Å². The fourth-order valence-corrected chi connectivity index (χ4v) is 3.17. The van der Waals surface area contributed by atoms with E-state index in [2.05, 4.69) is 0 Å². The molecule has 0 aliphatic heterocycles. The van der Waals surface area contributed by atoms with Gasteiger partial charge in [0.1, 0.15) is 11.5 Å². The van der Waals surface area contributed by atoms with Crippen LogP contribution < -0.4 is 9.47 Å². The quantitative estimate of drug-likeness (QED) is 0.512. The molecule has 4 nitrogen and oxygen atoms in total. The monoisotopic (exact) mass is 389 g/mol. The van der Waals surface area contributed by atoms with Crippen LogP contribution in [-0.4, -0.2) is 24.0 Å². The lowest BCUT2D eigenvalue weighted by Gasteiger charge is -2.28. The van der Waals surface area contributed by atoms with E-state index in [-0.39, 0.29) is 5.91 Å². The average Bonchev–Trinajstić information content (AvgIpc) is 2.78. The Morgan fingerprint density at radius 1 is 0.828 bits per heavy atom. The van der Waals surface area contributed by atoms with Crippen LogP contribution in [0.5, 0.6) is 11.5 Å². The molecule has 3 aromatic rings. The Bertz CT molecular complexity index is 855. The lowest BCUT2D eigenvalue weighted by Crippen LogP contribution is -2.41. The molecule has 3 rings (SSSR count). The van der Waals surface area contributed by atoms with E-state index < -0.39 is 6.10 Å². The number of amides is 1. The van der Waals surface area contributed by atoms with Gasteiger partial charge in [0.25, 0.3) is 5.91 Å². The maximum Gasteiger partial charge on any atom is 0.264 e. The first-order valence-corrected chi connectivity index (χ1v) is 9.87. The highest BCUT2D eigenvalue weighted by Gasteiger charge is 2.25. The second kappa shape index (κ2) is 10.3. The van der Waals surface area contributed by atoms with Gasteiger partial charge in [-0.1, -0.05) is 73.7 Å². The van der Waals surface area contributed by atoms with Crippen LogP contribution in [-0.2, 0) is 17.9 Å². The van der Waals surface area contributed by atoms with Gasteiger partial charge in [-0.15, -0.1) is 0 Å². The summed E-state index contributed by atoms with van der Waals surface area (Å²) in [5, 5.41) is 0. The van der Waals surface area contributed by atoms with Crippen LogP contribution in [0.1, 0.15) is 24.5 Å². The summed E-state index contributed by atoms with van der Waals surface area (Å²) >= 11 is 0. The Balaban J connectivity index is 1.80. The summed E-state index contributed by atoms with van der Waals surface area (Å²) < 4.78 is 11.3. The minimum atomic E-state index is -0.561. The highest BCUT2D eigenvalue weighted by molar-refractivity contribution is 5.81. The Kier molecular flexibility index (Phi) is 7.28. The molecule has 0 saturated heterocycles. The number of benzene rings is 3. The van der Waals surface area contributed by atoms with Crippen LogP contribution in [0.15, 0.2) is 84.9 Å². The van der Waals surface area contributed by atoms with Crippen molar-refractivity contribution in [2.45, 2.75) is 32.5 Å². The molecular weight excluding hydrogens is 362 g/mol. The first-order chi connectivity index (χ1) is 14.2. The van der Waals surface area contributed by atoms with Gasteiger partial charge in [-0.05, 0) is 29.7 Å². The number of carbonyl (C=O) groups is 1. The van der Waals surface area contributed by atoms with Gasteiger partial charge in [0.2, 0.25) is 0 Å². The molecule has 0 bridgehead atoms. The molecule has 0 N–H and O–H groups in total. The van der Waals surface area contributed by atoms with Crippen molar-refractivity contribution in [1.29, 1.82) is 0 Å². The predicted octanol–water partition coefficient (Wildman–Crippen LogP) is 5.08. The molecule has 0 aromatic heterocycles. The Morgan fingerprint density at radius 3 is 1.90 bits per heavy atom. The summed E-state index contributed by atoms with van der Waals surface area (Å²) in [6, 6.07) is 27.4. The highest BCUT2D eigenvalue weighted by Crippen LogP contribution is 2.22. The Labute approximate surface area is 172 Å². The molecule has 0 unspecified atom stereocenters. The molecule has 0 aliphatic carbocycles. The van der Waals surface area contributed by atoms with Gasteiger partial charge in [0.15, 0.2) is 6.10 Å². The number of methoxy groups -OCH3 is 1. The van der Waals surface area contributed by atoms with Crippen molar-refractivity contribution in [3.8, 4) is 11.5 Å². The van der Waals surface area contributed by atoms with Crippen molar-refractivity contribution < 1.29 is 14.3 Å². The first-order valence-electron chi connectivity index (χ1n) is 9.87. The molecule has 150 valence electrons. The van der Waals surface area contributed by atoms with Crippen LogP contribution in [0.3, 0.4) is 0 Å². The number of hydrogen-bond donors (Lipinski definition) is 0. The third kappa shape index (κ3) is 5.85. The highest BCUT2D eigenvalue weighted by atomic mass is 16.5. The molecule has 0 spiro atoms. The van der Waals surface area contributed by atoms with Crippen molar-refractivity contribution in [3.63, 3.8) is 0 Å². The number of rotatable bonds is 9. The minimum absolute atomic E-state index is 0.0250. The van der Waals surface area contributed by atoms with E-state index >= 15 is 0 Å². The van der Waals surface area contributed by atoms with E-state index in [4.69, 9.17) is 9.47 Å². The summed E-state index contributed by atoms with van der Waals surface area (Å²) in [5.74, 6) is 1.31. The first kappa shape index (κ1) is 20.5. The zero-order valence-electron chi connectivity index (χ0n) is 17.0. The standard InChI is InChI=1S/C25H27NO3/c1-3-24(29-23-16-10-15-22(17-23)28-2)25(27)26(18-20-11-6-4-7-12-20)19-21-13-8-5-9-14-21/h4-17,24H,3,18-19H2,1-2H3/t24-/m1/s1. The lowest BCUT2D eigenvalue weighted by molar-refractivity contribution is -0.140. The van der Waals surface area contributed by atoms with E-state index in [0.717, 1.165) is 11.1 Å². The summed E-state index contributed by atoms with van der Waals surface area (Å²) in [6.07, 6.45) is 0.0189. The number of nitrogens with zero attached hydrogens (tertiary/aromatic N) is 1. The largest absolute Gasteiger partial charge is 0.497 e. The summed E-state index contributed by atoms with van der Waals surface area (Å²) in [7, 11) is 1.61. The SMILES string of the molecule is CC[C@@H](Oc1cccc(OC)c1)C(=O)N(Cc1ccccc1)Cc1ccccc1. The van der Waals surface area contributed by atoms with Gasteiger partial charge >= 0.3 is 0 Å². The predicted molar refractivity (Wildman–Crippen MR) is 115 cm³/mol. The maximum atomic E-state index is 13.4. The zero-order valence-corrected chi connectivity index (χ0v) is 17.0. The second-order valence-corrected chi connectivity index (χ2v) is 6.86. The summed E-state index contributed by atoms with van der Waals surface area (Å²) in [5.41, 5.74) is 2.18.